The van der Waals surface area contributed by atoms with E-state index in [2.05, 4.69) is 20.2 Å². The number of anilines is 2. The molecule has 1 aliphatic heterocycles. The first kappa shape index (κ1) is 14.2. The number of nitrogens with one attached hydrogen (secondary N) is 1. The number of hydrogen-bond acceptors (Lipinski definition) is 7. The Morgan fingerprint density at radius 3 is 2.82 bits per heavy atom. The molecule has 0 amide bonds. The van der Waals surface area contributed by atoms with E-state index in [1.807, 2.05) is 7.05 Å². The molecule has 1 saturated heterocycles. The summed E-state index contributed by atoms with van der Waals surface area (Å²) in [4.78, 5) is 21.0. The zero-order valence-electron chi connectivity index (χ0n) is 12.1. The Bertz CT molecular complexity index is 714. The summed E-state index contributed by atoms with van der Waals surface area (Å²) in [6, 6.07) is 8.58. The van der Waals surface area contributed by atoms with E-state index in [0.717, 1.165) is 18.9 Å². The highest BCUT2D eigenvalue weighted by molar-refractivity contribution is 5.67. The van der Waals surface area contributed by atoms with Gasteiger partial charge in [-0.15, -0.1) is 0 Å². The van der Waals surface area contributed by atoms with Crippen LogP contribution in [0.3, 0.4) is 0 Å². The molecule has 8 nitrogen and oxygen atoms in total. The van der Waals surface area contributed by atoms with Crippen molar-refractivity contribution in [3.05, 3.63) is 40.4 Å². The van der Waals surface area contributed by atoms with Crippen molar-refractivity contribution in [1.29, 1.82) is 0 Å². The highest BCUT2D eigenvalue weighted by Gasteiger charge is 2.27. The van der Waals surface area contributed by atoms with Crippen LogP contribution in [0.1, 0.15) is 0 Å². The summed E-state index contributed by atoms with van der Waals surface area (Å²) in [5, 5.41) is 14.1. The lowest BCUT2D eigenvalue weighted by atomic mass is 10.1. The van der Waals surface area contributed by atoms with E-state index < -0.39 is 4.92 Å². The van der Waals surface area contributed by atoms with E-state index in [0.29, 0.717) is 17.3 Å². The number of likely N-dealkylation sites (N-methyl/N-ethyl adjacent to an activating group) is 1. The molecular weight excluding hydrogens is 284 g/mol. The fraction of sp³-hybridized carbons (Fsp3) is 0.286. The molecule has 1 fully saturated rings. The monoisotopic (exact) mass is 300 g/mol. The van der Waals surface area contributed by atoms with Crippen molar-refractivity contribution >= 4 is 17.5 Å². The summed E-state index contributed by atoms with van der Waals surface area (Å²) in [7, 11) is 1.92. The number of nitrogens with two attached hydrogens (primary N) is 1. The molecule has 8 heteroatoms. The first-order chi connectivity index (χ1) is 10.6. The third-order valence-corrected chi connectivity index (χ3v) is 3.70. The molecule has 0 aliphatic carbocycles. The van der Waals surface area contributed by atoms with Crippen LogP contribution in [0.25, 0.3) is 11.3 Å². The van der Waals surface area contributed by atoms with Crippen molar-refractivity contribution in [1.82, 2.24) is 15.3 Å². The standard InChI is InChI=1S/C14H16N6O2/c1-16-10-7-19(8-10)13-6-12(17-14(15)18-13)9-3-2-4-11(5-9)20(21)22/h2-6,10,16H,7-8H2,1H3,(H2,15,17,18). The summed E-state index contributed by atoms with van der Waals surface area (Å²) in [6.07, 6.45) is 0. The Morgan fingerprint density at radius 1 is 1.36 bits per heavy atom. The molecule has 2 aromatic rings. The summed E-state index contributed by atoms with van der Waals surface area (Å²) in [5.74, 6) is 0.896. The fourth-order valence-corrected chi connectivity index (χ4v) is 2.39. The van der Waals surface area contributed by atoms with E-state index in [4.69, 9.17) is 5.73 Å². The highest BCUT2D eigenvalue weighted by Crippen LogP contribution is 2.27. The van der Waals surface area contributed by atoms with Crippen LogP contribution in [0.2, 0.25) is 0 Å². The van der Waals surface area contributed by atoms with Crippen molar-refractivity contribution in [3.63, 3.8) is 0 Å². The Balaban J connectivity index is 1.93. The molecule has 3 N–H and O–H groups in total. The van der Waals surface area contributed by atoms with Crippen LogP contribution in [0.5, 0.6) is 0 Å². The second kappa shape index (κ2) is 5.57. The molecule has 0 saturated carbocycles. The minimum atomic E-state index is -0.429. The normalized spacial score (nSPS) is 14.7. The third-order valence-electron chi connectivity index (χ3n) is 3.70. The Morgan fingerprint density at radius 2 is 2.14 bits per heavy atom. The smallest absolute Gasteiger partial charge is 0.270 e. The van der Waals surface area contributed by atoms with E-state index >= 15 is 0 Å². The molecule has 0 radical (unpaired) electrons. The molecule has 0 spiro atoms. The maximum absolute atomic E-state index is 10.9. The van der Waals surface area contributed by atoms with Crippen LogP contribution in [0.4, 0.5) is 17.5 Å². The van der Waals surface area contributed by atoms with Gasteiger partial charge in [0, 0.05) is 42.9 Å². The number of benzene rings is 1. The average molecular weight is 300 g/mol. The molecule has 22 heavy (non-hydrogen) atoms. The molecule has 1 aromatic heterocycles. The number of rotatable bonds is 4. The first-order valence-corrected chi connectivity index (χ1v) is 6.88. The lowest BCUT2D eigenvalue weighted by Gasteiger charge is -2.40. The lowest BCUT2D eigenvalue weighted by Crippen LogP contribution is -2.57. The van der Waals surface area contributed by atoms with Crippen LogP contribution in [0.15, 0.2) is 30.3 Å². The van der Waals surface area contributed by atoms with Crippen LogP contribution < -0.4 is 16.0 Å². The van der Waals surface area contributed by atoms with E-state index in [-0.39, 0.29) is 11.6 Å². The van der Waals surface area contributed by atoms with Gasteiger partial charge in [-0.25, -0.2) is 4.98 Å². The average Bonchev–Trinajstić information content (AvgIpc) is 2.46. The van der Waals surface area contributed by atoms with Gasteiger partial charge in [0.05, 0.1) is 10.6 Å². The number of nitrogens with zero attached hydrogens (tertiary/aromatic N) is 4. The molecule has 1 aromatic carbocycles. The summed E-state index contributed by atoms with van der Waals surface area (Å²) >= 11 is 0. The van der Waals surface area contributed by atoms with Gasteiger partial charge in [-0.3, -0.25) is 10.1 Å². The van der Waals surface area contributed by atoms with Crippen LogP contribution >= 0.6 is 0 Å². The Labute approximate surface area is 127 Å². The fourth-order valence-electron chi connectivity index (χ4n) is 2.39. The predicted molar refractivity (Wildman–Crippen MR) is 83.6 cm³/mol. The first-order valence-electron chi connectivity index (χ1n) is 6.88. The van der Waals surface area contributed by atoms with Gasteiger partial charge >= 0.3 is 0 Å². The minimum absolute atomic E-state index is 0.0235. The molecule has 0 bridgehead atoms. The molecule has 114 valence electrons. The van der Waals surface area contributed by atoms with Crippen molar-refractivity contribution in [2.75, 3.05) is 30.8 Å². The summed E-state index contributed by atoms with van der Waals surface area (Å²) in [6.45, 7) is 1.70. The largest absolute Gasteiger partial charge is 0.368 e. The van der Waals surface area contributed by atoms with Crippen LogP contribution in [0, 0.1) is 10.1 Å². The molecule has 1 aliphatic rings. The number of hydrogen-bond donors (Lipinski definition) is 2. The quantitative estimate of drug-likeness (QED) is 0.641. The molecule has 0 unspecified atom stereocenters. The van der Waals surface area contributed by atoms with Crippen LogP contribution in [-0.4, -0.2) is 41.1 Å². The van der Waals surface area contributed by atoms with Crippen molar-refractivity contribution in [3.8, 4) is 11.3 Å². The molecule has 3 rings (SSSR count). The van der Waals surface area contributed by atoms with Gasteiger partial charge in [0.15, 0.2) is 0 Å². The molecule has 0 atom stereocenters. The third kappa shape index (κ3) is 2.68. The number of nitrogen functional groups attached to an aromatic ring is 1. The maximum Gasteiger partial charge on any atom is 0.270 e. The summed E-state index contributed by atoms with van der Waals surface area (Å²) in [5.41, 5.74) is 7.03. The van der Waals surface area contributed by atoms with Gasteiger partial charge in [0.25, 0.3) is 5.69 Å². The van der Waals surface area contributed by atoms with Crippen LogP contribution in [-0.2, 0) is 0 Å². The Kier molecular flexibility index (Phi) is 3.60. The Hall–Kier alpha value is -2.74. The van der Waals surface area contributed by atoms with E-state index in [9.17, 15) is 10.1 Å². The van der Waals surface area contributed by atoms with Gasteiger partial charge in [-0.05, 0) is 7.05 Å². The lowest BCUT2D eigenvalue weighted by molar-refractivity contribution is -0.384. The van der Waals surface area contributed by atoms with Gasteiger partial charge in [-0.1, -0.05) is 12.1 Å². The number of nitro benzene ring substituents is 1. The van der Waals surface area contributed by atoms with E-state index in [1.54, 1.807) is 18.2 Å². The van der Waals surface area contributed by atoms with Gasteiger partial charge < -0.3 is 16.0 Å². The van der Waals surface area contributed by atoms with Crippen molar-refractivity contribution in [2.24, 2.45) is 0 Å². The zero-order chi connectivity index (χ0) is 15.7. The number of non-ortho nitro benzene ring substituents is 1. The van der Waals surface area contributed by atoms with Gasteiger partial charge in [-0.2, -0.15) is 4.98 Å². The topological polar surface area (TPSA) is 110 Å². The van der Waals surface area contributed by atoms with E-state index in [1.165, 1.54) is 12.1 Å². The van der Waals surface area contributed by atoms with Crippen molar-refractivity contribution < 1.29 is 4.92 Å². The van der Waals surface area contributed by atoms with Crippen molar-refractivity contribution in [2.45, 2.75) is 6.04 Å². The second-order valence-electron chi connectivity index (χ2n) is 5.17. The SMILES string of the molecule is CNC1CN(c2cc(-c3cccc([N+](=O)[O-])c3)nc(N)n2)C1. The summed E-state index contributed by atoms with van der Waals surface area (Å²) < 4.78 is 0. The van der Waals surface area contributed by atoms with Gasteiger partial charge in [0.2, 0.25) is 5.95 Å². The highest BCUT2D eigenvalue weighted by atomic mass is 16.6. The number of aromatic nitrogens is 2. The maximum atomic E-state index is 10.9. The zero-order valence-corrected chi connectivity index (χ0v) is 12.1. The molecular formula is C14H16N6O2. The number of nitro groups is 1. The molecule has 2 heterocycles. The minimum Gasteiger partial charge on any atom is -0.368 e. The second-order valence-corrected chi connectivity index (χ2v) is 5.17. The predicted octanol–water partition coefficient (Wildman–Crippen LogP) is 1.04. The van der Waals surface area contributed by atoms with Gasteiger partial charge in [0.1, 0.15) is 5.82 Å².